The number of hydrogen-bond acceptors (Lipinski definition) is 1. The van der Waals surface area contributed by atoms with E-state index >= 15 is 0 Å². The molecule has 1 nitrogen and oxygen atoms in total. The van der Waals surface area contributed by atoms with Crippen LogP contribution in [0.5, 0.6) is 0 Å². The zero-order valence-corrected chi connectivity index (χ0v) is 8.93. The second kappa shape index (κ2) is 4.20. The molecule has 0 atom stereocenters. The average Bonchev–Trinajstić information content (AvgIpc) is 2.26. The Bertz CT molecular complexity index is 417. The molecule has 0 amide bonds. The van der Waals surface area contributed by atoms with Gasteiger partial charge in [-0.25, -0.2) is 13.2 Å². The largest absolute Gasteiger partial charge is 0.346 e. The Morgan fingerprint density at radius 1 is 1.12 bits per heavy atom. The van der Waals surface area contributed by atoms with Crippen molar-refractivity contribution in [3.05, 3.63) is 41.4 Å². The highest BCUT2D eigenvalue weighted by molar-refractivity contribution is 5.53. The summed E-state index contributed by atoms with van der Waals surface area (Å²) in [5.74, 6) is -3.70. The minimum absolute atomic E-state index is 0.366. The first-order chi connectivity index (χ1) is 7.59. The number of anilines is 1. The molecule has 0 fully saturated rings. The molecule has 0 spiro atoms. The minimum atomic E-state index is -1.41. The lowest BCUT2D eigenvalue weighted by Crippen LogP contribution is -2.25. The summed E-state index contributed by atoms with van der Waals surface area (Å²) < 4.78 is 38.9. The van der Waals surface area contributed by atoms with Gasteiger partial charge in [0.2, 0.25) is 0 Å². The third kappa shape index (κ3) is 1.92. The number of rotatable bonds is 1. The highest BCUT2D eigenvalue weighted by Gasteiger charge is 2.17. The first-order valence-electron chi connectivity index (χ1n) is 5.18. The first kappa shape index (κ1) is 11.0. The van der Waals surface area contributed by atoms with Crippen LogP contribution in [0.1, 0.15) is 19.8 Å². The van der Waals surface area contributed by atoms with Gasteiger partial charge in [0, 0.05) is 30.1 Å². The lowest BCUT2D eigenvalue weighted by molar-refractivity contribution is 0.447. The molecule has 0 radical (unpaired) electrons. The van der Waals surface area contributed by atoms with Crippen LogP contribution in [0.25, 0.3) is 0 Å². The average molecular weight is 227 g/mol. The maximum absolute atomic E-state index is 13.1. The van der Waals surface area contributed by atoms with Crippen LogP contribution in [-0.2, 0) is 0 Å². The number of halogens is 3. The number of nitrogens with zero attached hydrogens (tertiary/aromatic N) is 1. The Kier molecular flexibility index (Phi) is 2.90. The summed E-state index contributed by atoms with van der Waals surface area (Å²) in [7, 11) is 0. The molecule has 2 rings (SSSR count). The van der Waals surface area contributed by atoms with Gasteiger partial charge in [-0.05, 0) is 19.8 Å². The number of allylic oxidation sites excluding steroid dienone is 2. The van der Waals surface area contributed by atoms with E-state index in [0.29, 0.717) is 12.2 Å². The van der Waals surface area contributed by atoms with Crippen molar-refractivity contribution < 1.29 is 13.2 Å². The van der Waals surface area contributed by atoms with Crippen LogP contribution in [0.15, 0.2) is 23.9 Å². The molecule has 0 saturated heterocycles. The predicted octanol–water partition coefficient (Wildman–Crippen LogP) is 3.61. The van der Waals surface area contributed by atoms with Gasteiger partial charge in [0.1, 0.15) is 0 Å². The van der Waals surface area contributed by atoms with Gasteiger partial charge in [0.25, 0.3) is 0 Å². The van der Waals surface area contributed by atoms with Crippen molar-refractivity contribution in [1.82, 2.24) is 0 Å². The second-order valence-electron chi connectivity index (χ2n) is 3.86. The molecule has 0 unspecified atom stereocenters. The summed E-state index contributed by atoms with van der Waals surface area (Å²) in [5, 5.41) is 0. The van der Waals surface area contributed by atoms with Crippen LogP contribution in [0.2, 0.25) is 0 Å². The molecule has 0 bridgehead atoms. The van der Waals surface area contributed by atoms with Crippen LogP contribution in [-0.4, -0.2) is 6.54 Å². The lowest BCUT2D eigenvalue weighted by atomic mass is 10.1. The molecule has 1 aromatic carbocycles. The first-order valence-corrected chi connectivity index (χ1v) is 5.18. The third-order valence-electron chi connectivity index (χ3n) is 2.73. The number of benzene rings is 1. The van der Waals surface area contributed by atoms with Crippen molar-refractivity contribution in [2.75, 3.05) is 11.4 Å². The van der Waals surface area contributed by atoms with E-state index in [-0.39, 0.29) is 0 Å². The van der Waals surface area contributed by atoms with Gasteiger partial charge >= 0.3 is 0 Å². The summed E-state index contributed by atoms with van der Waals surface area (Å²) in [6.45, 7) is 2.57. The Balaban J connectivity index is 2.41. The van der Waals surface area contributed by atoms with Crippen molar-refractivity contribution in [3.63, 3.8) is 0 Å². The predicted molar refractivity (Wildman–Crippen MR) is 56.7 cm³/mol. The molecular weight excluding hydrogens is 215 g/mol. The molecule has 0 aromatic heterocycles. The number of hydrogen-bond donors (Lipinski definition) is 0. The molecule has 0 N–H and O–H groups in total. The van der Waals surface area contributed by atoms with Crippen LogP contribution < -0.4 is 4.90 Å². The summed E-state index contributed by atoms with van der Waals surface area (Å²) >= 11 is 0. The fourth-order valence-corrected chi connectivity index (χ4v) is 1.88. The molecule has 86 valence electrons. The standard InChI is InChI=1S/C12H12F3N/c1-8-4-2-3-5-16(8)9-6-10(13)12(15)11(14)7-9/h4,6-7H,2-3,5H2,1H3. The van der Waals surface area contributed by atoms with Crippen molar-refractivity contribution in [2.45, 2.75) is 19.8 Å². The Morgan fingerprint density at radius 3 is 2.31 bits per heavy atom. The van der Waals surface area contributed by atoms with Gasteiger partial charge < -0.3 is 4.90 Å². The zero-order valence-electron chi connectivity index (χ0n) is 8.93. The van der Waals surface area contributed by atoms with E-state index in [1.165, 1.54) is 0 Å². The third-order valence-corrected chi connectivity index (χ3v) is 2.73. The summed E-state index contributed by atoms with van der Waals surface area (Å²) in [6, 6.07) is 2.06. The molecule has 1 aromatic rings. The summed E-state index contributed by atoms with van der Waals surface area (Å²) in [6.07, 6.45) is 3.90. The van der Waals surface area contributed by atoms with Crippen LogP contribution in [0, 0.1) is 17.5 Å². The van der Waals surface area contributed by atoms with Gasteiger partial charge in [-0.3, -0.25) is 0 Å². The molecular formula is C12H12F3N. The van der Waals surface area contributed by atoms with Gasteiger partial charge in [0.15, 0.2) is 17.5 Å². The van der Waals surface area contributed by atoms with Gasteiger partial charge in [0.05, 0.1) is 0 Å². The van der Waals surface area contributed by atoms with Gasteiger partial charge in [-0.1, -0.05) is 6.08 Å². The van der Waals surface area contributed by atoms with Gasteiger partial charge in [-0.15, -0.1) is 0 Å². The molecule has 16 heavy (non-hydrogen) atoms. The zero-order chi connectivity index (χ0) is 11.7. The normalized spacial score (nSPS) is 16.2. The van der Waals surface area contributed by atoms with E-state index in [9.17, 15) is 13.2 Å². The Morgan fingerprint density at radius 2 is 1.75 bits per heavy atom. The SMILES string of the molecule is CC1=CCCCN1c1cc(F)c(F)c(F)c1. The van der Waals surface area contributed by atoms with Crippen molar-refractivity contribution in [1.29, 1.82) is 0 Å². The molecule has 0 aliphatic carbocycles. The topological polar surface area (TPSA) is 3.24 Å². The van der Waals surface area contributed by atoms with Crippen molar-refractivity contribution >= 4 is 5.69 Å². The maximum Gasteiger partial charge on any atom is 0.194 e. The fraction of sp³-hybridized carbons (Fsp3) is 0.333. The molecule has 1 aliphatic heterocycles. The summed E-state index contributed by atoms with van der Waals surface area (Å²) in [4.78, 5) is 1.79. The molecule has 1 heterocycles. The molecule has 4 heteroatoms. The molecule has 1 aliphatic rings. The molecule has 0 saturated carbocycles. The highest BCUT2D eigenvalue weighted by atomic mass is 19.2. The smallest absolute Gasteiger partial charge is 0.194 e. The minimum Gasteiger partial charge on any atom is -0.346 e. The van der Waals surface area contributed by atoms with Crippen molar-refractivity contribution in [3.8, 4) is 0 Å². The maximum atomic E-state index is 13.1. The monoisotopic (exact) mass is 227 g/mol. The quantitative estimate of drug-likeness (QED) is 0.662. The summed E-state index contributed by atoms with van der Waals surface area (Å²) in [5.41, 5.74) is 1.31. The van der Waals surface area contributed by atoms with Crippen LogP contribution in [0.3, 0.4) is 0 Å². The van der Waals surface area contributed by atoms with E-state index in [1.54, 1.807) is 4.90 Å². The van der Waals surface area contributed by atoms with Gasteiger partial charge in [-0.2, -0.15) is 0 Å². The Hall–Kier alpha value is -1.45. The second-order valence-corrected chi connectivity index (χ2v) is 3.86. The van der Waals surface area contributed by atoms with Crippen molar-refractivity contribution in [2.24, 2.45) is 0 Å². The Labute approximate surface area is 92.2 Å². The van der Waals surface area contributed by atoms with E-state index in [4.69, 9.17) is 0 Å². The van der Waals surface area contributed by atoms with Crippen LogP contribution in [0.4, 0.5) is 18.9 Å². The van der Waals surface area contributed by atoms with E-state index in [0.717, 1.165) is 30.7 Å². The lowest BCUT2D eigenvalue weighted by Gasteiger charge is -2.28. The van der Waals surface area contributed by atoms with E-state index in [1.807, 2.05) is 13.0 Å². The van der Waals surface area contributed by atoms with E-state index < -0.39 is 17.5 Å². The van der Waals surface area contributed by atoms with Crippen LogP contribution >= 0.6 is 0 Å². The highest BCUT2D eigenvalue weighted by Crippen LogP contribution is 2.26. The van der Waals surface area contributed by atoms with E-state index in [2.05, 4.69) is 0 Å². The fourth-order valence-electron chi connectivity index (χ4n) is 1.88.